The third kappa shape index (κ3) is 4.92. The molecule has 1 fully saturated rings. The normalized spacial score (nSPS) is 16.4. The zero-order chi connectivity index (χ0) is 23.5. The molecular weight excluding hydrogens is 444 g/mol. The maximum atomic E-state index is 12.9. The molecule has 0 bridgehead atoms. The first kappa shape index (κ1) is 22.8. The zero-order valence-corrected chi connectivity index (χ0v) is 20.3. The molecule has 0 spiro atoms. The molecule has 1 amide bonds. The van der Waals surface area contributed by atoms with Crippen molar-refractivity contribution in [1.82, 2.24) is 9.80 Å². The third-order valence-electron chi connectivity index (χ3n) is 6.73. The number of Topliss-reactive ketones (excluding diaryl/α,β-unsaturated/α-hetero) is 1. The van der Waals surface area contributed by atoms with E-state index in [-0.39, 0.29) is 11.7 Å². The Hall–Kier alpha value is -3.00. The van der Waals surface area contributed by atoms with E-state index in [1.54, 1.807) is 11.3 Å². The van der Waals surface area contributed by atoms with Gasteiger partial charge in [-0.05, 0) is 66.4 Å². The fourth-order valence-corrected chi connectivity index (χ4v) is 5.50. The highest BCUT2D eigenvalue weighted by atomic mass is 32.1. The highest BCUT2D eigenvalue weighted by Gasteiger charge is 2.27. The summed E-state index contributed by atoms with van der Waals surface area (Å²) >= 11 is 1.67. The number of nitrogens with zero attached hydrogens (tertiary/aromatic N) is 2. The van der Waals surface area contributed by atoms with Crippen LogP contribution in [0.2, 0.25) is 0 Å². The monoisotopic (exact) mass is 474 g/mol. The van der Waals surface area contributed by atoms with Gasteiger partial charge in [0, 0.05) is 67.4 Å². The molecule has 34 heavy (non-hydrogen) atoms. The number of benzene rings is 2. The lowest BCUT2D eigenvalue weighted by molar-refractivity contribution is 0.0995. The number of hydrogen-bond donors (Lipinski definition) is 2. The van der Waals surface area contributed by atoms with Gasteiger partial charge < -0.3 is 15.5 Å². The van der Waals surface area contributed by atoms with Gasteiger partial charge in [-0.3, -0.25) is 14.5 Å². The predicted molar refractivity (Wildman–Crippen MR) is 139 cm³/mol. The van der Waals surface area contributed by atoms with Crippen LogP contribution in [0.25, 0.3) is 10.4 Å². The first-order chi connectivity index (χ1) is 16.6. The highest BCUT2D eigenvalue weighted by molar-refractivity contribution is 7.13. The van der Waals surface area contributed by atoms with Gasteiger partial charge >= 0.3 is 0 Å². The molecule has 1 aromatic heterocycles. The van der Waals surface area contributed by atoms with Crippen LogP contribution in [0.4, 0.5) is 11.4 Å². The number of amides is 1. The second-order valence-corrected chi connectivity index (χ2v) is 9.97. The van der Waals surface area contributed by atoms with Crippen molar-refractivity contribution in [3.05, 3.63) is 70.6 Å². The summed E-state index contributed by atoms with van der Waals surface area (Å²) in [7, 11) is 2.17. The lowest BCUT2D eigenvalue weighted by atomic mass is 10.00. The Morgan fingerprint density at radius 3 is 2.53 bits per heavy atom. The molecule has 5 rings (SSSR count). The molecule has 0 atom stereocenters. The zero-order valence-electron chi connectivity index (χ0n) is 19.5. The van der Waals surface area contributed by atoms with Gasteiger partial charge in [0.25, 0.3) is 5.91 Å². The number of hydrogen-bond acceptors (Lipinski definition) is 6. The van der Waals surface area contributed by atoms with Gasteiger partial charge in [-0.1, -0.05) is 12.1 Å². The van der Waals surface area contributed by atoms with Crippen molar-refractivity contribution in [3.63, 3.8) is 0 Å². The lowest BCUT2D eigenvalue weighted by Crippen LogP contribution is -2.45. The number of carbonyl (C=O) groups excluding carboxylic acids is 2. The van der Waals surface area contributed by atoms with Crippen LogP contribution in [-0.2, 0) is 6.42 Å². The number of anilines is 2. The minimum absolute atomic E-state index is 0.101. The molecule has 2 heterocycles. The van der Waals surface area contributed by atoms with Crippen LogP contribution in [0.15, 0.2) is 53.9 Å². The van der Waals surface area contributed by atoms with E-state index in [0.29, 0.717) is 23.2 Å². The number of rotatable bonds is 7. The van der Waals surface area contributed by atoms with Gasteiger partial charge in [0.2, 0.25) is 0 Å². The van der Waals surface area contributed by atoms with Crippen LogP contribution < -0.4 is 10.6 Å². The van der Waals surface area contributed by atoms with Crippen LogP contribution in [-0.4, -0.2) is 67.8 Å². The average molecular weight is 475 g/mol. The molecule has 0 radical (unpaired) electrons. The molecule has 1 aliphatic carbocycles. The van der Waals surface area contributed by atoms with Gasteiger partial charge in [-0.25, -0.2) is 0 Å². The number of ketones is 1. The van der Waals surface area contributed by atoms with Crippen LogP contribution in [0.5, 0.6) is 0 Å². The van der Waals surface area contributed by atoms with E-state index in [1.165, 1.54) is 0 Å². The minimum Gasteiger partial charge on any atom is -0.384 e. The second kappa shape index (κ2) is 10.1. The van der Waals surface area contributed by atoms with Gasteiger partial charge in [0.1, 0.15) is 0 Å². The Morgan fingerprint density at radius 2 is 1.79 bits per heavy atom. The van der Waals surface area contributed by atoms with Crippen LogP contribution >= 0.6 is 11.3 Å². The van der Waals surface area contributed by atoms with E-state index in [0.717, 1.165) is 67.4 Å². The largest absolute Gasteiger partial charge is 0.384 e. The van der Waals surface area contributed by atoms with E-state index in [9.17, 15) is 9.59 Å². The topological polar surface area (TPSA) is 64.7 Å². The van der Waals surface area contributed by atoms with E-state index in [4.69, 9.17) is 0 Å². The number of likely N-dealkylation sites (N-methyl/N-ethyl adjacent to an activating group) is 1. The molecule has 0 unspecified atom stereocenters. The van der Waals surface area contributed by atoms with Crippen molar-refractivity contribution in [2.45, 2.75) is 12.8 Å². The molecule has 2 aliphatic rings. The predicted octanol–water partition coefficient (Wildman–Crippen LogP) is 4.46. The maximum absolute atomic E-state index is 12.9. The van der Waals surface area contributed by atoms with Crippen molar-refractivity contribution < 1.29 is 9.59 Å². The quantitative estimate of drug-likeness (QED) is 0.530. The molecule has 1 saturated heterocycles. The Morgan fingerprint density at radius 1 is 1.00 bits per heavy atom. The molecule has 6 nitrogen and oxygen atoms in total. The lowest BCUT2D eigenvalue weighted by Gasteiger charge is -2.32. The summed E-state index contributed by atoms with van der Waals surface area (Å²) in [5, 5.41) is 8.47. The van der Waals surface area contributed by atoms with Crippen LogP contribution in [0.3, 0.4) is 0 Å². The summed E-state index contributed by atoms with van der Waals surface area (Å²) in [6.45, 7) is 6.34. The van der Waals surface area contributed by atoms with Crippen LogP contribution in [0.1, 0.15) is 32.7 Å². The molecule has 0 saturated carbocycles. The summed E-state index contributed by atoms with van der Waals surface area (Å²) in [6.07, 6.45) is 1.22. The Bertz CT molecular complexity index is 1170. The molecule has 2 aromatic carbocycles. The summed E-state index contributed by atoms with van der Waals surface area (Å²) < 4.78 is 0. The molecule has 3 aromatic rings. The van der Waals surface area contributed by atoms with Crippen molar-refractivity contribution in [2.24, 2.45) is 0 Å². The molecular formula is C27H30N4O2S. The van der Waals surface area contributed by atoms with E-state index in [1.807, 2.05) is 47.8 Å². The van der Waals surface area contributed by atoms with Gasteiger partial charge in [0.05, 0.1) is 5.69 Å². The van der Waals surface area contributed by atoms with Gasteiger partial charge in [0.15, 0.2) is 5.78 Å². The first-order valence-electron chi connectivity index (χ1n) is 11.9. The van der Waals surface area contributed by atoms with Crippen LogP contribution in [0, 0.1) is 0 Å². The number of fused-ring (bicyclic) bond motifs is 1. The standard InChI is InChI=1S/C27H30N4O2S/c1-30-14-16-31(17-15-30)13-12-28-20-6-4-19(5-7-20)27(33)29-23-10-8-21(25-3-2-18-34-25)22-9-11-24(32)26(22)23/h2-8,10,18,28H,9,11-17H2,1H3,(H,29,33). The van der Waals surface area contributed by atoms with Crippen molar-refractivity contribution in [3.8, 4) is 10.4 Å². The van der Waals surface area contributed by atoms with E-state index in [2.05, 4.69) is 33.5 Å². The number of nitrogens with one attached hydrogen (secondary N) is 2. The summed E-state index contributed by atoms with van der Waals surface area (Å²) in [5.74, 6) is -0.0987. The fraction of sp³-hybridized carbons (Fsp3) is 0.333. The Labute approximate surface area is 204 Å². The molecule has 7 heteroatoms. The van der Waals surface area contributed by atoms with Crippen molar-refractivity contribution in [2.75, 3.05) is 56.9 Å². The van der Waals surface area contributed by atoms with Gasteiger partial charge in [-0.2, -0.15) is 0 Å². The molecule has 176 valence electrons. The third-order valence-corrected chi connectivity index (χ3v) is 7.63. The Kier molecular flexibility index (Phi) is 6.76. The maximum Gasteiger partial charge on any atom is 0.255 e. The van der Waals surface area contributed by atoms with E-state index < -0.39 is 0 Å². The smallest absolute Gasteiger partial charge is 0.255 e. The summed E-state index contributed by atoms with van der Waals surface area (Å²) in [4.78, 5) is 31.6. The molecule has 1 aliphatic heterocycles. The minimum atomic E-state index is -0.199. The highest BCUT2D eigenvalue weighted by Crippen LogP contribution is 2.38. The number of piperazine rings is 1. The number of carbonyl (C=O) groups is 2. The summed E-state index contributed by atoms with van der Waals surface area (Å²) in [5.41, 5.74) is 5.00. The Balaban J connectivity index is 1.22. The first-order valence-corrected chi connectivity index (χ1v) is 12.8. The van der Waals surface area contributed by atoms with Crippen molar-refractivity contribution in [1.29, 1.82) is 0 Å². The second-order valence-electron chi connectivity index (χ2n) is 9.02. The fourth-order valence-electron chi connectivity index (χ4n) is 4.72. The van der Waals surface area contributed by atoms with E-state index >= 15 is 0 Å². The average Bonchev–Trinajstić information content (AvgIpc) is 3.52. The number of thiophene rings is 1. The van der Waals surface area contributed by atoms with Gasteiger partial charge in [-0.15, -0.1) is 11.3 Å². The SMILES string of the molecule is CN1CCN(CCNc2ccc(C(=O)Nc3ccc(-c4cccs4)c4c3C(=O)CC4)cc2)CC1. The summed E-state index contributed by atoms with van der Waals surface area (Å²) in [6, 6.07) is 15.5. The molecule has 2 N–H and O–H groups in total. The van der Waals surface area contributed by atoms with Crippen molar-refractivity contribution >= 4 is 34.4 Å².